The van der Waals surface area contributed by atoms with Gasteiger partial charge in [0.25, 0.3) is 0 Å². The van der Waals surface area contributed by atoms with Crippen LogP contribution in [0.4, 0.5) is 0 Å². The molecule has 1 N–H and O–H groups in total. The average molecular weight is 332 g/mol. The van der Waals surface area contributed by atoms with Gasteiger partial charge in [0.2, 0.25) is 17.7 Å². The summed E-state index contributed by atoms with van der Waals surface area (Å²) in [4.78, 5) is 39.6. The van der Waals surface area contributed by atoms with E-state index in [0.717, 1.165) is 12.8 Å². The molecule has 132 valence electrons. The monoisotopic (exact) mass is 332 g/mol. The summed E-state index contributed by atoms with van der Waals surface area (Å²) in [5.41, 5.74) is 0. The molecule has 1 saturated heterocycles. The second kappa shape index (κ2) is 7.08. The second-order valence-electron chi connectivity index (χ2n) is 7.89. The zero-order chi connectivity index (χ0) is 17.3. The van der Waals surface area contributed by atoms with Crippen LogP contribution in [0.5, 0.6) is 0 Å². The Morgan fingerprint density at radius 1 is 1.17 bits per heavy atom. The number of nitrogens with zero attached hydrogens (tertiary/aromatic N) is 1. The van der Waals surface area contributed by atoms with Gasteiger partial charge in [0.05, 0.1) is 11.8 Å². The molecule has 0 aromatic carbocycles. The molecule has 0 aromatic heterocycles. The summed E-state index contributed by atoms with van der Waals surface area (Å²) in [7, 11) is 0. The van der Waals surface area contributed by atoms with Crippen molar-refractivity contribution in [3.05, 3.63) is 12.2 Å². The standard InChI is InChI=1S/C19H28N2O3/c1-12(2)10-16(17(22)20-11-13-6-5-7-13)21-18(23)14-8-3-4-9-15(14)19(21)24/h3-4,12-16H,5-11H2,1-2H3,(H,20,22)/t14-,15-,16-/m1/s1. The van der Waals surface area contributed by atoms with Crippen molar-refractivity contribution >= 4 is 17.7 Å². The molecular formula is C19H28N2O3. The molecule has 1 saturated carbocycles. The van der Waals surface area contributed by atoms with E-state index in [1.54, 1.807) is 0 Å². The smallest absolute Gasteiger partial charge is 0.243 e. The van der Waals surface area contributed by atoms with Crippen LogP contribution in [0.1, 0.15) is 52.4 Å². The summed E-state index contributed by atoms with van der Waals surface area (Å²) in [5, 5.41) is 2.99. The van der Waals surface area contributed by atoms with Gasteiger partial charge >= 0.3 is 0 Å². The molecule has 24 heavy (non-hydrogen) atoms. The second-order valence-corrected chi connectivity index (χ2v) is 7.89. The fourth-order valence-corrected chi connectivity index (χ4v) is 3.97. The van der Waals surface area contributed by atoms with E-state index in [4.69, 9.17) is 0 Å². The normalized spacial score (nSPS) is 28.0. The molecule has 5 heteroatoms. The number of carbonyl (C=O) groups is 3. The first kappa shape index (κ1) is 17.2. The molecule has 3 rings (SSSR count). The van der Waals surface area contributed by atoms with E-state index in [9.17, 15) is 14.4 Å². The molecular weight excluding hydrogens is 304 g/mol. The number of amides is 3. The van der Waals surface area contributed by atoms with Crippen molar-refractivity contribution < 1.29 is 14.4 Å². The summed E-state index contributed by atoms with van der Waals surface area (Å²) >= 11 is 0. The molecule has 1 aliphatic heterocycles. The van der Waals surface area contributed by atoms with Gasteiger partial charge < -0.3 is 5.32 Å². The van der Waals surface area contributed by atoms with Gasteiger partial charge in [-0.2, -0.15) is 0 Å². The molecule has 5 nitrogen and oxygen atoms in total. The molecule has 2 aliphatic carbocycles. The topological polar surface area (TPSA) is 66.5 Å². The van der Waals surface area contributed by atoms with Crippen molar-refractivity contribution in [2.24, 2.45) is 23.7 Å². The van der Waals surface area contributed by atoms with Gasteiger partial charge in [-0.05, 0) is 43.9 Å². The fourth-order valence-electron chi connectivity index (χ4n) is 3.97. The highest BCUT2D eigenvalue weighted by molar-refractivity contribution is 6.08. The zero-order valence-electron chi connectivity index (χ0n) is 14.7. The lowest BCUT2D eigenvalue weighted by molar-refractivity contribution is -0.148. The quantitative estimate of drug-likeness (QED) is 0.599. The maximum absolute atomic E-state index is 12.8. The van der Waals surface area contributed by atoms with Crippen LogP contribution in [0.15, 0.2) is 12.2 Å². The number of fused-ring (bicyclic) bond motifs is 1. The van der Waals surface area contributed by atoms with Gasteiger partial charge in [-0.15, -0.1) is 0 Å². The molecule has 0 radical (unpaired) electrons. The van der Waals surface area contributed by atoms with Gasteiger partial charge in [0, 0.05) is 6.54 Å². The number of carbonyl (C=O) groups excluding carboxylic acids is 3. The molecule has 0 bridgehead atoms. The summed E-state index contributed by atoms with van der Waals surface area (Å²) < 4.78 is 0. The predicted octanol–water partition coefficient (Wildman–Crippen LogP) is 2.27. The van der Waals surface area contributed by atoms with Crippen molar-refractivity contribution in [3.8, 4) is 0 Å². The van der Waals surface area contributed by atoms with Crippen LogP contribution in [0.25, 0.3) is 0 Å². The van der Waals surface area contributed by atoms with E-state index < -0.39 is 6.04 Å². The van der Waals surface area contributed by atoms with Crippen LogP contribution in [0.3, 0.4) is 0 Å². The van der Waals surface area contributed by atoms with Crippen LogP contribution in [-0.4, -0.2) is 35.2 Å². The van der Waals surface area contributed by atoms with Gasteiger partial charge in [-0.25, -0.2) is 0 Å². The molecule has 0 aromatic rings. The van der Waals surface area contributed by atoms with Crippen LogP contribution in [0, 0.1) is 23.7 Å². The van der Waals surface area contributed by atoms with Gasteiger partial charge in [-0.3, -0.25) is 19.3 Å². The molecule has 1 heterocycles. The highest BCUT2D eigenvalue weighted by Crippen LogP contribution is 2.37. The Balaban J connectivity index is 1.73. The first-order chi connectivity index (χ1) is 11.5. The minimum absolute atomic E-state index is 0.154. The average Bonchev–Trinajstić information content (AvgIpc) is 2.75. The first-order valence-electron chi connectivity index (χ1n) is 9.28. The molecule has 3 atom stereocenters. The van der Waals surface area contributed by atoms with Crippen LogP contribution in [-0.2, 0) is 14.4 Å². The highest BCUT2D eigenvalue weighted by Gasteiger charge is 2.51. The maximum atomic E-state index is 12.8. The van der Waals surface area contributed by atoms with E-state index in [2.05, 4.69) is 5.32 Å². The maximum Gasteiger partial charge on any atom is 0.243 e. The van der Waals surface area contributed by atoms with E-state index in [1.165, 1.54) is 11.3 Å². The van der Waals surface area contributed by atoms with Crippen molar-refractivity contribution in [2.45, 2.75) is 58.4 Å². The third kappa shape index (κ3) is 3.26. The van der Waals surface area contributed by atoms with E-state index in [-0.39, 0.29) is 35.5 Å². The first-order valence-corrected chi connectivity index (χ1v) is 9.28. The van der Waals surface area contributed by atoms with E-state index in [1.807, 2.05) is 26.0 Å². The predicted molar refractivity (Wildman–Crippen MR) is 90.8 cm³/mol. The number of hydrogen-bond donors (Lipinski definition) is 1. The Hall–Kier alpha value is -1.65. The fraction of sp³-hybridized carbons (Fsp3) is 0.737. The number of likely N-dealkylation sites (tertiary alicyclic amines) is 1. The lowest BCUT2D eigenvalue weighted by Crippen LogP contribution is -2.51. The van der Waals surface area contributed by atoms with Gasteiger partial charge in [0.15, 0.2) is 0 Å². The third-order valence-corrected chi connectivity index (χ3v) is 5.64. The lowest BCUT2D eigenvalue weighted by Gasteiger charge is -2.30. The minimum Gasteiger partial charge on any atom is -0.354 e. The number of imide groups is 1. The Bertz CT molecular complexity index is 525. The van der Waals surface area contributed by atoms with Gasteiger partial charge in [0.1, 0.15) is 6.04 Å². The number of allylic oxidation sites excluding steroid dienone is 2. The number of hydrogen-bond acceptors (Lipinski definition) is 3. The van der Waals surface area contributed by atoms with Crippen molar-refractivity contribution in [1.29, 1.82) is 0 Å². The van der Waals surface area contributed by atoms with Crippen molar-refractivity contribution in [1.82, 2.24) is 10.2 Å². The molecule has 0 unspecified atom stereocenters. The molecule has 0 spiro atoms. The largest absolute Gasteiger partial charge is 0.354 e. The SMILES string of the molecule is CC(C)C[C@H](C(=O)NCC1CCC1)N1C(=O)[C@@H]2CC=CC[C@H]2C1=O. The van der Waals surface area contributed by atoms with Crippen LogP contribution >= 0.6 is 0 Å². The van der Waals surface area contributed by atoms with Crippen molar-refractivity contribution in [3.63, 3.8) is 0 Å². The Labute approximate surface area is 143 Å². The lowest BCUT2D eigenvalue weighted by atomic mass is 9.85. The summed E-state index contributed by atoms with van der Waals surface area (Å²) in [6.45, 7) is 4.70. The summed E-state index contributed by atoms with van der Waals surface area (Å²) in [6.07, 6.45) is 9.26. The third-order valence-electron chi connectivity index (χ3n) is 5.64. The van der Waals surface area contributed by atoms with Crippen LogP contribution < -0.4 is 5.32 Å². The zero-order valence-corrected chi connectivity index (χ0v) is 14.7. The molecule has 3 amide bonds. The molecule has 3 aliphatic rings. The van der Waals surface area contributed by atoms with Gasteiger partial charge in [-0.1, -0.05) is 32.4 Å². The summed E-state index contributed by atoms with van der Waals surface area (Å²) in [6, 6.07) is -0.657. The Kier molecular flexibility index (Phi) is 5.07. The van der Waals surface area contributed by atoms with E-state index in [0.29, 0.717) is 31.7 Å². The highest BCUT2D eigenvalue weighted by atomic mass is 16.2. The number of nitrogens with one attached hydrogen (secondary N) is 1. The summed E-state index contributed by atoms with van der Waals surface area (Å²) in [5.74, 6) is -0.203. The number of rotatable bonds is 6. The van der Waals surface area contributed by atoms with Crippen molar-refractivity contribution in [2.75, 3.05) is 6.54 Å². The Morgan fingerprint density at radius 3 is 2.21 bits per heavy atom. The molecule has 2 fully saturated rings. The van der Waals surface area contributed by atoms with Crippen LogP contribution in [0.2, 0.25) is 0 Å². The van der Waals surface area contributed by atoms with E-state index >= 15 is 0 Å². The minimum atomic E-state index is -0.657. The Morgan fingerprint density at radius 2 is 1.75 bits per heavy atom.